The summed E-state index contributed by atoms with van der Waals surface area (Å²) < 4.78 is 32.9. The number of morpholine rings is 1. The van der Waals surface area contributed by atoms with Crippen molar-refractivity contribution in [1.82, 2.24) is 24.3 Å². The van der Waals surface area contributed by atoms with Crippen molar-refractivity contribution in [3.63, 3.8) is 0 Å². The summed E-state index contributed by atoms with van der Waals surface area (Å²) in [5.74, 6) is 1.20. The maximum atomic E-state index is 12.9. The molecule has 130 valence electrons. The first kappa shape index (κ1) is 15.8. The molecular weight excluding hydrogens is 330 g/mol. The zero-order valence-electron chi connectivity index (χ0n) is 13.5. The molecule has 3 aromatic rings. The molecule has 7 nitrogen and oxygen atoms in total. The summed E-state index contributed by atoms with van der Waals surface area (Å²) in [6.45, 7) is 4.08. The van der Waals surface area contributed by atoms with Crippen molar-refractivity contribution in [1.29, 1.82) is 0 Å². The lowest BCUT2D eigenvalue weighted by Crippen LogP contribution is -2.44. The van der Waals surface area contributed by atoms with Gasteiger partial charge in [0.1, 0.15) is 17.2 Å². The molecule has 0 saturated carbocycles. The fourth-order valence-corrected chi connectivity index (χ4v) is 2.88. The standard InChI is InChI=1S/C16H16F2N6O/c1-10-9-25-5-4-23(10)13-2-3-19-16(22-13)12-6-21-14-7-20-11(15(17)18)8-24(12)14/h2-3,6-8,10,15H,4-5,9H2,1H3/t10-/m0/s1. The number of aromatic nitrogens is 5. The van der Waals surface area contributed by atoms with Crippen LogP contribution in [0.3, 0.4) is 0 Å². The lowest BCUT2D eigenvalue weighted by Gasteiger charge is -2.34. The van der Waals surface area contributed by atoms with E-state index in [0.29, 0.717) is 30.4 Å². The highest BCUT2D eigenvalue weighted by Crippen LogP contribution is 2.23. The highest BCUT2D eigenvalue weighted by Gasteiger charge is 2.21. The molecule has 0 aliphatic carbocycles. The van der Waals surface area contributed by atoms with Gasteiger partial charge in [-0.15, -0.1) is 0 Å². The molecule has 1 atom stereocenters. The third kappa shape index (κ3) is 2.91. The number of halogens is 2. The molecule has 0 unspecified atom stereocenters. The van der Waals surface area contributed by atoms with Crippen LogP contribution in [0, 0.1) is 0 Å². The van der Waals surface area contributed by atoms with Gasteiger partial charge in [-0.2, -0.15) is 0 Å². The van der Waals surface area contributed by atoms with Crippen LogP contribution in [-0.4, -0.2) is 50.1 Å². The van der Waals surface area contributed by atoms with Gasteiger partial charge in [0.05, 0.1) is 31.6 Å². The van der Waals surface area contributed by atoms with Gasteiger partial charge in [0, 0.05) is 18.9 Å². The normalized spacial score (nSPS) is 18.2. The second kappa shape index (κ2) is 6.32. The summed E-state index contributed by atoms with van der Waals surface area (Å²) in [5.41, 5.74) is 0.694. The Bertz CT molecular complexity index is 899. The number of imidazole rings is 1. The molecule has 0 radical (unpaired) electrons. The SMILES string of the molecule is C[C@H]1COCCN1c1ccnc(-c2cnc3cnc(C(F)F)cn23)n1. The van der Waals surface area contributed by atoms with Crippen molar-refractivity contribution in [3.8, 4) is 11.5 Å². The Morgan fingerprint density at radius 3 is 2.92 bits per heavy atom. The smallest absolute Gasteiger partial charge is 0.281 e. The summed E-state index contributed by atoms with van der Waals surface area (Å²) in [5, 5.41) is 0. The topological polar surface area (TPSA) is 68.4 Å². The van der Waals surface area contributed by atoms with Crippen LogP contribution in [0.2, 0.25) is 0 Å². The van der Waals surface area contributed by atoms with Gasteiger partial charge < -0.3 is 9.64 Å². The Hall–Kier alpha value is -2.68. The number of alkyl halides is 2. The van der Waals surface area contributed by atoms with Crippen LogP contribution >= 0.6 is 0 Å². The number of fused-ring (bicyclic) bond motifs is 1. The summed E-state index contributed by atoms with van der Waals surface area (Å²) in [7, 11) is 0. The first-order chi connectivity index (χ1) is 12.1. The molecule has 1 aliphatic heterocycles. The molecule has 0 spiro atoms. The lowest BCUT2D eigenvalue weighted by atomic mass is 10.2. The van der Waals surface area contributed by atoms with Crippen molar-refractivity contribution in [2.75, 3.05) is 24.7 Å². The number of hydrogen-bond donors (Lipinski definition) is 0. The molecule has 0 amide bonds. The number of anilines is 1. The molecule has 1 aliphatic rings. The van der Waals surface area contributed by atoms with Crippen molar-refractivity contribution in [2.45, 2.75) is 19.4 Å². The van der Waals surface area contributed by atoms with Crippen LogP contribution in [0.5, 0.6) is 0 Å². The molecule has 0 aromatic carbocycles. The Kier molecular flexibility index (Phi) is 4.00. The Labute approximate surface area is 142 Å². The van der Waals surface area contributed by atoms with E-state index in [1.54, 1.807) is 12.4 Å². The zero-order valence-corrected chi connectivity index (χ0v) is 13.5. The van der Waals surface area contributed by atoms with Gasteiger partial charge in [0.25, 0.3) is 6.43 Å². The van der Waals surface area contributed by atoms with E-state index in [9.17, 15) is 8.78 Å². The average molecular weight is 346 g/mol. The Morgan fingerprint density at radius 1 is 1.24 bits per heavy atom. The molecule has 1 saturated heterocycles. The van der Waals surface area contributed by atoms with Crippen LogP contribution in [0.1, 0.15) is 19.0 Å². The molecule has 4 heterocycles. The van der Waals surface area contributed by atoms with Crippen LogP contribution in [0.25, 0.3) is 17.2 Å². The summed E-state index contributed by atoms with van der Waals surface area (Å²) in [4.78, 5) is 18.9. The quantitative estimate of drug-likeness (QED) is 0.725. The summed E-state index contributed by atoms with van der Waals surface area (Å²) >= 11 is 0. The molecule has 4 rings (SSSR count). The van der Waals surface area contributed by atoms with E-state index < -0.39 is 6.43 Å². The average Bonchev–Trinajstić information content (AvgIpc) is 3.05. The highest BCUT2D eigenvalue weighted by atomic mass is 19.3. The Morgan fingerprint density at radius 2 is 2.12 bits per heavy atom. The van der Waals surface area contributed by atoms with E-state index in [1.807, 2.05) is 6.07 Å². The van der Waals surface area contributed by atoms with Crippen LogP contribution in [0.15, 0.2) is 30.9 Å². The Balaban J connectivity index is 1.76. The van der Waals surface area contributed by atoms with Gasteiger partial charge in [-0.1, -0.05) is 0 Å². The second-order valence-corrected chi connectivity index (χ2v) is 5.84. The molecule has 3 aromatic heterocycles. The van der Waals surface area contributed by atoms with Gasteiger partial charge in [-0.3, -0.25) is 4.40 Å². The number of hydrogen-bond acceptors (Lipinski definition) is 6. The van der Waals surface area contributed by atoms with E-state index in [4.69, 9.17) is 4.74 Å². The first-order valence-electron chi connectivity index (χ1n) is 7.92. The predicted octanol–water partition coefficient (Wildman–Crippen LogP) is 2.35. The minimum absolute atomic E-state index is 0.202. The largest absolute Gasteiger partial charge is 0.377 e. The van der Waals surface area contributed by atoms with Gasteiger partial charge in [-0.05, 0) is 13.0 Å². The van der Waals surface area contributed by atoms with E-state index in [1.165, 1.54) is 16.8 Å². The van der Waals surface area contributed by atoms with E-state index in [2.05, 4.69) is 31.8 Å². The molecule has 9 heteroatoms. The molecule has 1 fully saturated rings. The summed E-state index contributed by atoms with van der Waals surface area (Å²) in [6, 6.07) is 2.04. The van der Waals surface area contributed by atoms with Gasteiger partial charge in [0.2, 0.25) is 0 Å². The van der Waals surface area contributed by atoms with E-state index in [0.717, 1.165) is 12.4 Å². The van der Waals surface area contributed by atoms with E-state index in [-0.39, 0.29) is 11.7 Å². The van der Waals surface area contributed by atoms with Gasteiger partial charge >= 0.3 is 0 Å². The second-order valence-electron chi connectivity index (χ2n) is 5.84. The maximum Gasteiger partial charge on any atom is 0.281 e. The first-order valence-corrected chi connectivity index (χ1v) is 7.92. The fraction of sp³-hybridized carbons (Fsp3) is 0.375. The zero-order chi connectivity index (χ0) is 17.4. The van der Waals surface area contributed by atoms with Crippen LogP contribution in [0.4, 0.5) is 14.6 Å². The van der Waals surface area contributed by atoms with Gasteiger partial charge in [-0.25, -0.2) is 28.7 Å². The number of rotatable bonds is 3. The number of nitrogens with zero attached hydrogens (tertiary/aromatic N) is 6. The fourth-order valence-electron chi connectivity index (χ4n) is 2.88. The third-order valence-corrected chi connectivity index (χ3v) is 4.17. The van der Waals surface area contributed by atoms with Crippen molar-refractivity contribution >= 4 is 11.5 Å². The highest BCUT2D eigenvalue weighted by molar-refractivity contribution is 5.58. The lowest BCUT2D eigenvalue weighted by molar-refractivity contribution is 0.0985. The van der Waals surface area contributed by atoms with Crippen molar-refractivity contribution in [3.05, 3.63) is 36.5 Å². The number of ether oxygens (including phenoxy) is 1. The minimum Gasteiger partial charge on any atom is -0.377 e. The molecular formula is C16H16F2N6O. The predicted molar refractivity (Wildman–Crippen MR) is 86.6 cm³/mol. The van der Waals surface area contributed by atoms with E-state index >= 15 is 0 Å². The van der Waals surface area contributed by atoms with Crippen LogP contribution < -0.4 is 4.90 Å². The maximum absolute atomic E-state index is 12.9. The van der Waals surface area contributed by atoms with Crippen molar-refractivity contribution < 1.29 is 13.5 Å². The minimum atomic E-state index is -2.65. The monoisotopic (exact) mass is 346 g/mol. The van der Waals surface area contributed by atoms with Crippen molar-refractivity contribution in [2.24, 2.45) is 0 Å². The third-order valence-electron chi connectivity index (χ3n) is 4.17. The molecule has 0 bridgehead atoms. The summed E-state index contributed by atoms with van der Waals surface area (Å²) in [6.07, 6.45) is 3.16. The molecule has 0 N–H and O–H groups in total. The molecule has 25 heavy (non-hydrogen) atoms. The van der Waals surface area contributed by atoms with Gasteiger partial charge in [0.15, 0.2) is 11.5 Å². The van der Waals surface area contributed by atoms with Crippen LogP contribution in [-0.2, 0) is 4.74 Å².